The van der Waals surface area contributed by atoms with Gasteiger partial charge < -0.3 is 14.8 Å². The van der Waals surface area contributed by atoms with Crippen molar-refractivity contribution in [1.82, 2.24) is 10.2 Å². The molecular weight excluding hydrogens is 448 g/mol. The summed E-state index contributed by atoms with van der Waals surface area (Å²) in [5.41, 5.74) is 4.84. The van der Waals surface area contributed by atoms with Gasteiger partial charge in [0, 0.05) is 42.9 Å². The minimum atomic E-state index is -0.0247. The number of benzene rings is 2. The Hall–Kier alpha value is -2.34. The molecule has 34 heavy (non-hydrogen) atoms. The summed E-state index contributed by atoms with van der Waals surface area (Å²) in [6.45, 7) is 6.43. The van der Waals surface area contributed by atoms with Gasteiger partial charge in [-0.1, -0.05) is 29.8 Å². The van der Waals surface area contributed by atoms with E-state index in [1.54, 1.807) is 13.2 Å². The Balaban J connectivity index is 1.33. The molecular formula is C28H35ClN2O3. The highest BCUT2D eigenvalue weighted by Gasteiger charge is 2.41. The molecule has 5 nitrogen and oxygen atoms in total. The predicted molar refractivity (Wildman–Crippen MR) is 137 cm³/mol. The lowest BCUT2D eigenvalue weighted by molar-refractivity contribution is -0.117. The van der Waals surface area contributed by atoms with Crippen molar-refractivity contribution in [3.63, 3.8) is 0 Å². The third kappa shape index (κ3) is 6.01. The van der Waals surface area contributed by atoms with Crippen LogP contribution in [0.15, 0.2) is 42.5 Å². The third-order valence-corrected chi connectivity index (χ3v) is 7.53. The van der Waals surface area contributed by atoms with Crippen LogP contribution in [0.25, 0.3) is 6.08 Å². The number of carbonyl (C=O) groups is 1. The van der Waals surface area contributed by atoms with E-state index >= 15 is 0 Å². The number of amides is 1. The van der Waals surface area contributed by atoms with Crippen LogP contribution in [0.2, 0.25) is 5.02 Å². The molecule has 4 rings (SSSR count). The van der Waals surface area contributed by atoms with E-state index in [1.807, 2.05) is 30.3 Å². The van der Waals surface area contributed by atoms with Gasteiger partial charge in [-0.15, -0.1) is 0 Å². The SMILES string of the molecule is COCCOc1ccc(CN2C3CCC2CC(NC(=O)/C=C/c2ccc(Cl)cc2)C3)c(C)c1C. The smallest absolute Gasteiger partial charge is 0.244 e. The lowest BCUT2D eigenvalue weighted by atomic mass is 9.95. The van der Waals surface area contributed by atoms with E-state index in [0.717, 1.165) is 30.7 Å². The van der Waals surface area contributed by atoms with Crippen molar-refractivity contribution in [1.29, 1.82) is 0 Å². The van der Waals surface area contributed by atoms with Gasteiger partial charge in [0.1, 0.15) is 12.4 Å². The van der Waals surface area contributed by atoms with Crippen molar-refractivity contribution in [2.24, 2.45) is 0 Å². The molecule has 2 bridgehead atoms. The van der Waals surface area contributed by atoms with Gasteiger partial charge in [-0.05, 0) is 86.1 Å². The van der Waals surface area contributed by atoms with Gasteiger partial charge in [-0.25, -0.2) is 0 Å². The van der Waals surface area contributed by atoms with Crippen molar-refractivity contribution < 1.29 is 14.3 Å². The Morgan fingerprint density at radius 3 is 2.44 bits per heavy atom. The largest absolute Gasteiger partial charge is 0.491 e. The number of piperidine rings is 1. The predicted octanol–water partition coefficient (Wildman–Crippen LogP) is 5.31. The zero-order valence-electron chi connectivity index (χ0n) is 20.4. The van der Waals surface area contributed by atoms with E-state index in [4.69, 9.17) is 21.1 Å². The molecule has 2 aromatic rings. The van der Waals surface area contributed by atoms with E-state index in [1.165, 1.54) is 29.5 Å². The van der Waals surface area contributed by atoms with Crippen LogP contribution < -0.4 is 10.1 Å². The maximum absolute atomic E-state index is 12.5. The molecule has 2 atom stereocenters. The Morgan fingerprint density at radius 1 is 1.06 bits per heavy atom. The molecule has 2 saturated heterocycles. The molecule has 2 heterocycles. The molecule has 1 amide bonds. The molecule has 0 saturated carbocycles. The van der Waals surface area contributed by atoms with Crippen molar-refractivity contribution in [2.75, 3.05) is 20.3 Å². The number of fused-ring (bicyclic) bond motifs is 2. The van der Waals surface area contributed by atoms with E-state index in [2.05, 4.69) is 36.2 Å². The van der Waals surface area contributed by atoms with E-state index < -0.39 is 0 Å². The number of nitrogens with one attached hydrogen (secondary N) is 1. The van der Waals surface area contributed by atoms with Gasteiger partial charge in [0.2, 0.25) is 5.91 Å². The standard InChI is InChI=1S/C28H35ClN2O3/c1-19-20(2)27(34-15-14-33-3)12-7-22(19)18-31-25-10-11-26(31)17-24(16-25)30-28(32)13-6-21-4-8-23(29)9-5-21/h4-9,12-13,24-26H,10-11,14-18H2,1-3H3,(H,30,32)/b13-6+. The molecule has 182 valence electrons. The van der Waals surface area contributed by atoms with Crippen LogP contribution in [0.4, 0.5) is 0 Å². The fourth-order valence-corrected chi connectivity index (χ4v) is 5.38. The second kappa shape index (κ2) is 11.4. The van der Waals surface area contributed by atoms with Crippen LogP contribution in [0.3, 0.4) is 0 Å². The minimum absolute atomic E-state index is 0.0247. The van der Waals surface area contributed by atoms with Gasteiger partial charge in [0.25, 0.3) is 0 Å². The summed E-state index contributed by atoms with van der Waals surface area (Å²) in [5, 5.41) is 3.93. The van der Waals surface area contributed by atoms with E-state index in [9.17, 15) is 4.79 Å². The number of halogens is 1. The van der Waals surface area contributed by atoms with Gasteiger partial charge >= 0.3 is 0 Å². The number of methoxy groups -OCH3 is 1. The fourth-order valence-electron chi connectivity index (χ4n) is 5.26. The number of hydrogen-bond acceptors (Lipinski definition) is 4. The zero-order chi connectivity index (χ0) is 24.1. The molecule has 0 aliphatic carbocycles. The zero-order valence-corrected chi connectivity index (χ0v) is 21.1. The van der Waals surface area contributed by atoms with Crippen LogP contribution in [0, 0.1) is 13.8 Å². The average Bonchev–Trinajstić information content (AvgIpc) is 3.05. The summed E-state index contributed by atoms with van der Waals surface area (Å²) in [7, 11) is 1.69. The number of carbonyl (C=O) groups excluding carboxylic acids is 1. The fraction of sp³-hybridized carbons (Fsp3) is 0.464. The average molecular weight is 483 g/mol. The van der Waals surface area contributed by atoms with Crippen molar-refractivity contribution >= 4 is 23.6 Å². The van der Waals surface area contributed by atoms with Crippen molar-refractivity contribution in [3.8, 4) is 5.75 Å². The maximum Gasteiger partial charge on any atom is 0.244 e. The van der Waals surface area contributed by atoms with Gasteiger partial charge in [-0.3, -0.25) is 9.69 Å². The highest BCUT2D eigenvalue weighted by molar-refractivity contribution is 6.30. The second-order valence-corrected chi connectivity index (χ2v) is 9.87. The van der Waals surface area contributed by atoms with Crippen LogP contribution in [-0.4, -0.2) is 49.3 Å². The Labute approximate surface area is 208 Å². The third-order valence-electron chi connectivity index (χ3n) is 7.28. The lowest BCUT2D eigenvalue weighted by Gasteiger charge is -2.39. The number of hydrogen-bond donors (Lipinski definition) is 1. The van der Waals surface area contributed by atoms with Crippen molar-refractivity contribution in [2.45, 2.75) is 64.2 Å². The molecule has 2 aliphatic heterocycles. The van der Waals surface area contributed by atoms with Gasteiger partial charge in [-0.2, -0.15) is 0 Å². The monoisotopic (exact) mass is 482 g/mol. The van der Waals surface area contributed by atoms with Crippen LogP contribution in [-0.2, 0) is 16.1 Å². The highest BCUT2D eigenvalue weighted by Crippen LogP contribution is 2.38. The summed E-state index contributed by atoms with van der Waals surface area (Å²) < 4.78 is 11.0. The Morgan fingerprint density at radius 2 is 1.76 bits per heavy atom. The first-order chi connectivity index (χ1) is 16.4. The minimum Gasteiger partial charge on any atom is -0.491 e. The Bertz CT molecular complexity index is 1010. The normalized spacial score (nSPS) is 22.3. The first-order valence-electron chi connectivity index (χ1n) is 12.1. The number of rotatable bonds is 9. The summed E-state index contributed by atoms with van der Waals surface area (Å²) in [5.74, 6) is 0.915. The molecule has 2 unspecified atom stereocenters. The first-order valence-corrected chi connectivity index (χ1v) is 12.5. The van der Waals surface area contributed by atoms with E-state index in [-0.39, 0.29) is 11.9 Å². The quantitative estimate of drug-likeness (QED) is 0.389. The van der Waals surface area contributed by atoms with Crippen LogP contribution in [0.1, 0.15) is 47.9 Å². The lowest BCUT2D eigenvalue weighted by Crippen LogP contribution is -2.49. The van der Waals surface area contributed by atoms with E-state index in [0.29, 0.717) is 30.3 Å². The summed E-state index contributed by atoms with van der Waals surface area (Å²) in [4.78, 5) is 15.2. The molecule has 0 radical (unpaired) electrons. The topological polar surface area (TPSA) is 50.8 Å². The number of nitrogens with zero attached hydrogens (tertiary/aromatic N) is 1. The molecule has 0 aromatic heterocycles. The molecule has 2 aliphatic rings. The summed E-state index contributed by atoms with van der Waals surface area (Å²) in [6, 6.07) is 13.0. The van der Waals surface area contributed by atoms with Gasteiger partial charge in [0.15, 0.2) is 0 Å². The van der Waals surface area contributed by atoms with Crippen LogP contribution in [0.5, 0.6) is 5.75 Å². The molecule has 0 spiro atoms. The first kappa shape index (κ1) is 24.8. The molecule has 2 aromatic carbocycles. The molecule has 1 N–H and O–H groups in total. The number of ether oxygens (including phenoxy) is 2. The van der Waals surface area contributed by atoms with Crippen LogP contribution >= 0.6 is 11.6 Å². The van der Waals surface area contributed by atoms with Gasteiger partial charge in [0.05, 0.1) is 6.61 Å². The summed E-state index contributed by atoms with van der Waals surface area (Å²) in [6.07, 6.45) is 7.88. The summed E-state index contributed by atoms with van der Waals surface area (Å²) >= 11 is 5.93. The molecule has 6 heteroatoms. The Kier molecular flexibility index (Phi) is 8.30. The highest BCUT2D eigenvalue weighted by atomic mass is 35.5. The van der Waals surface area contributed by atoms with Crippen molar-refractivity contribution in [3.05, 3.63) is 69.8 Å². The second-order valence-electron chi connectivity index (χ2n) is 9.43. The maximum atomic E-state index is 12.5. The molecule has 2 fully saturated rings.